The van der Waals surface area contributed by atoms with Crippen molar-refractivity contribution < 1.29 is 14.3 Å². The molecule has 0 bridgehead atoms. The fourth-order valence-corrected chi connectivity index (χ4v) is 1.72. The lowest BCUT2D eigenvalue weighted by atomic mass is 10.3. The minimum atomic E-state index is -0.907. The van der Waals surface area contributed by atoms with Crippen LogP contribution in [0.15, 0.2) is 18.3 Å². The molecule has 4 nitrogen and oxygen atoms in total. The number of hydrogen-bond donors (Lipinski definition) is 1. The maximum absolute atomic E-state index is 12.9. The molecule has 0 radical (unpaired) electrons. The monoisotopic (exact) mass is 242 g/mol. The molecule has 0 aliphatic rings. The summed E-state index contributed by atoms with van der Waals surface area (Å²) in [6.45, 7) is 0. The zero-order valence-corrected chi connectivity index (χ0v) is 8.91. The van der Waals surface area contributed by atoms with E-state index in [0.29, 0.717) is 11.3 Å². The lowest BCUT2D eigenvalue weighted by Gasteiger charge is -1.98. The highest BCUT2D eigenvalue weighted by Crippen LogP contribution is 2.19. The van der Waals surface area contributed by atoms with Crippen LogP contribution in [0.5, 0.6) is 0 Å². The Kier molecular flexibility index (Phi) is 2.78. The highest BCUT2D eigenvalue weighted by molar-refractivity contribution is 6.32. The summed E-state index contributed by atoms with van der Waals surface area (Å²) >= 11 is 5.82. The van der Waals surface area contributed by atoms with Crippen molar-refractivity contribution in [2.75, 3.05) is 0 Å². The predicted octanol–water partition coefficient (Wildman–Crippen LogP) is 2.14. The van der Waals surface area contributed by atoms with E-state index in [1.807, 2.05) is 0 Å². The second kappa shape index (κ2) is 4.09. The molecule has 0 saturated heterocycles. The van der Waals surface area contributed by atoms with Crippen LogP contribution in [0.25, 0.3) is 5.52 Å². The van der Waals surface area contributed by atoms with Crippen LogP contribution in [0.4, 0.5) is 4.39 Å². The van der Waals surface area contributed by atoms with Gasteiger partial charge in [-0.2, -0.15) is 0 Å². The molecule has 2 aromatic rings. The van der Waals surface area contributed by atoms with E-state index in [9.17, 15) is 9.18 Å². The Morgan fingerprint density at radius 2 is 2.38 bits per heavy atom. The third-order valence-electron chi connectivity index (χ3n) is 2.20. The number of carbonyl (C=O) groups is 1. The average molecular weight is 243 g/mol. The topological polar surface area (TPSA) is 54.6 Å². The maximum Gasteiger partial charge on any atom is 0.303 e. The molecule has 16 heavy (non-hydrogen) atoms. The molecule has 0 amide bonds. The lowest BCUT2D eigenvalue weighted by molar-refractivity contribution is -0.137. The Bertz CT molecular complexity index is 553. The minimum absolute atomic E-state index is 0.0349. The normalized spacial score (nSPS) is 10.9. The fraction of sp³-hybridized carbons (Fsp3) is 0.200. The number of aryl methyl sites for hydroxylation is 1. The van der Waals surface area contributed by atoms with Gasteiger partial charge in [-0.05, 0) is 6.07 Å². The number of halogens is 2. The number of nitrogens with zero attached hydrogens (tertiary/aromatic N) is 2. The largest absolute Gasteiger partial charge is 0.481 e. The summed E-state index contributed by atoms with van der Waals surface area (Å²) in [5.74, 6) is -0.795. The first-order valence-corrected chi connectivity index (χ1v) is 4.99. The Labute approximate surface area is 95.3 Å². The quantitative estimate of drug-likeness (QED) is 0.897. The van der Waals surface area contributed by atoms with Gasteiger partial charge >= 0.3 is 5.97 Å². The zero-order chi connectivity index (χ0) is 11.7. The van der Waals surface area contributed by atoms with Gasteiger partial charge in [-0.15, -0.1) is 0 Å². The van der Waals surface area contributed by atoms with E-state index in [2.05, 4.69) is 4.98 Å². The molecule has 0 atom stereocenters. The highest BCUT2D eigenvalue weighted by Gasteiger charge is 2.11. The lowest BCUT2D eigenvalue weighted by Crippen LogP contribution is -2.01. The Morgan fingerprint density at radius 3 is 3.06 bits per heavy atom. The molecule has 0 aliphatic carbocycles. The van der Waals surface area contributed by atoms with Gasteiger partial charge in [0.05, 0.1) is 11.9 Å². The van der Waals surface area contributed by atoms with Gasteiger partial charge in [-0.3, -0.25) is 4.79 Å². The molecule has 0 aromatic carbocycles. The fourth-order valence-electron chi connectivity index (χ4n) is 1.48. The first-order chi connectivity index (χ1) is 7.58. The summed E-state index contributed by atoms with van der Waals surface area (Å²) in [4.78, 5) is 14.4. The molecule has 1 N–H and O–H groups in total. The average Bonchev–Trinajstić information content (AvgIpc) is 2.53. The van der Waals surface area contributed by atoms with E-state index >= 15 is 0 Å². The minimum Gasteiger partial charge on any atom is -0.481 e. The molecule has 0 spiro atoms. The number of aromatic nitrogens is 2. The van der Waals surface area contributed by atoms with Gasteiger partial charge in [-0.1, -0.05) is 11.6 Å². The van der Waals surface area contributed by atoms with Gasteiger partial charge in [0, 0.05) is 18.7 Å². The molecule has 0 aliphatic heterocycles. The number of fused-ring (bicyclic) bond motifs is 1. The second-order valence-corrected chi connectivity index (χ2v) is 3.67. The van der Waals surface area contributed by atoms with Gasteiger partial charge in [0.15, 0.2) is 5.15 Å². The summed E-state index contributed by atoms with van der Waals surface area (Å²) in [7, 11) is 0. The second-order valence-electron chi connectivity index (χ2n) is 3.31. The molecule has 2 aromatic heterocycles. The van der Waals surface area contributed by atoms with Crippen LogP contribution in [0, 0.1) is 5.82 Å². The van der Waals surface area contributed by atoms with Gasteiger partial charge in [0.2, 0.25) is 0 Å². The first kappa shape index (κ1) is 10.9. The van der Waals surface area contributed by atoms with Crippen LogP contribution in [-0.4, -0.2) is 20.5 Å². The van der Waals surface area contributed by atoms with Crippen molar-refractivity contribution in [2.45, 2.75) is 12.8 Å². The molecule has 2 rings (SSSR count). The van der Waals surface area contributed by atoms with Crippen LogP contribution in [0.2, 0.25) is 5.15 Å². The van der Waals surface area contributed by atoms with Crippen molar-refractivity contribution in [3.63, 3.8) is 0 Å². The molecular formula is C10H8ClFN2O2. The highest BCUT2D eigenvalue weighted by atomic mass is 35.5. The third-order valence-corrected chi connectivity index (χ3v) is 2.47. The molecule has 6 heteroatoms. The molecule has 0 saturated carbocycles. The standard InChI is InChI=1S/C10H8ClFN2O2/c11-10-7-5-6(12)3-4-14(7)8(13-10)1-2-9(15)16/h3-5H,1-2H2,(H,15,16). The van der Waals surface area contributed by atoms with Crippen LogP contribution in [-0.2, 0) is 11.2 Å². The smallest absolute Gasteiger partial charge is 0.303 e. The van der Waals surface area contributed by atoms with E-state index in [1.165, 1.54) is 18.3 Å². The zero-order valence-electron chi connectivity index (χ0n) is 8.15. The SMILES string of the molecule is O=C(O)CCc1nc(Cl)c2cc(F)ccn12. The van der Waals surface area contributed by atoms with Crippen molar-refractivity contribution in [3.05, 3.63) is 35.1 Å². The Balaban J connectivity index is 2.43. The van der Waals surface area contributed by atoms with E-state index < -0.39 is 11.8 Å². The molecule has 0 fully saturated rings. The summed E-state index contributed by atoms with van der Waals surface area (Å²) in [5, 5.41) is 8.75. The van der Waals surface area contributed by atoms with Crippen molar-refractivity contribution in [2.24, 2.45) is 0 Å². The van der Waals surface area contributed by atoms with Crippen molar-refractivity contribution >= 4 is 23.1 Å². The summed E-state index contributed by atoms with van der Waals surface area (Å²) in [5.41, 5.74) is 0.446. The third kappa shape index (κ3) is 1.99. The summed E-state index contributed by atoms with van der Waals surface area (Å²) in [6.07, 6.45) is 1.71. The van der Waals surface area contributed by atoms with E-state index in [4.69, 9.17) is 16.7 Å². The van der Waals surface area contributed by atoms with E-state index in [1.54, 1.807) is 4.40 Å². The number of imidazole rings is 1. The van der Waals surface area contributed by atoms with E-state index in [0.717, 1.165) is 0 Å². The van der Waals surface area contributed by atoms with Crippen molar-refractivity contribution in [1.29, 1.82) is 0 Å². The summed E-state index contributed by atoms with van der Waals surface area (Å²) < 4.78 is 14.5. The van der Waals surface area contributed by atoms with Crippen LogP contribution in [0.3, 0.4) is 0 Å². The molecule has 0 unspecified atom stereocenters. The number of aliphatic carboxylic acids is 1. The van der Waals surface area contributed by atoms with Crippen LogP contribution in [0.1, 0.15) is 12.2 Å². The van der Waals surface area contributed by atoms with Crippen molar-refractivity contribution in [1.82, 2.24) is 9.38 Å². The Hall–Kier alpha value is -1.62. The van der Waals surface area contributed by atoms with Gasteiger partial charge in [0.25, 0.3) is 0 Å². The summed E-state index contributed by atoms with van der Waals surface area (Å²) in [6, 6.07) is 2.54. The van der Waals surface area contributed by atoms with Gasteiger partial charge in [0.1, 0.15) is 11.6 Å². The van der Waals surface area contributed by atoms with E-state index in [-0.39, 0.29) is 18.0 Å². The van der Waals surface area contributed by atoms with Crippen molar-refractivity contribution in [3.8, 4) is 0 Å². The number of rotatable bonds is 3. The number of carboxylic acid groups (broad SMARTS) is 1. The van der Waals surface area contributed by atoms with Gasteiger partial charge in [-0.25, -0.2) is 9.37 Å². The number of pyridine rings is 1. The maximum atomic E-state index is 12.9. The number of hydrogen-bond acceptors (Lipinski definition) is 2. The van der Waals surface area contributed by atoms with Crippen LogP contribution < -0.4 is 0 Å². The number of carboxylic acids is 1. The predicted molar refractivity (Wildman–Crippen MR) is 56.1 cm³/mol. The molecular weight excluding hydrogens is 235 g/mol. The molecule has 2 heterocycles. The Morgan fingerprint density at radius 1 is 1.62 bits per heavy atom. The molecule has 84 valence electrons. The first-order valence-electron chi connectivity index (χ1n) is 4.61. The van der Waals surface area contributed by atoms with Gasteiger partial charge < -0.3 is 9.51 Å². The van der Waals surface area contributed by atoms with Crippen LogP contribution >= 0.6 is 11.6 Å².